The summed E-state index contributed by atoms with van der Waals surface area (Å²) in [5, 5.41) is 0. The van der Waals surface area contributed by atoms with E-state index in [-0.39, 0.29) is 5.60 Å². The molecule has 6 nitrogen and oxygen atoms in total. The summed E-state index contributed by atoms with van der Waals surface area (Å²) < 4.78 is 36.5. The van der Waals surface area contributed by atoms with Crippen molar-refractivity contribution in [2.75, 3.05) is 39.6 Å². The standard InChI is InChI=1S/C17H26N2O4S/c1-22-16-6-4-3-5-14(16)11-19-12-17(13-19)15(8-10-23-17)7-9-18-24(2,20)21/h3-6,15,18H,7-13H2,1-2H3/t15-/m0/s1. The van der Waals surface area contributed by atoms with E-state index >= 15 is 0 Å². The Morgan fingerprint density at radius 3 is 2.83 bits per heavy atom. The largest absolute Gasteiger partial charge is 0.496 e. The molecule has 24 heavy (non-hydrogen) atoms. The van der Waals surface area contributed by atoms with E-state index in [1.54, 1.807) is 7.11 Å². The number of likely N-dealkylation sites (tertiary alicyclic amines) is 1. The lowest BCUT2D eigenvalue weighted by Gasteiger charge is -2.50. The second-order valence-corrected chi connectivity index (χ2v) is 8.64. The van der Waals surface area contributed by atoms with Crippen LogP contribution < -0.4 is 9.46 Å². The van der Waals surface area contributed by atoms with Crippen LogP contribution in [0, 0.1) is 5.92 Å². The van der Waals surface area contributed by atoms with Crippen molar-refractivity contribution in [1.29, 1.82) is 0 Å². The minimum atomic E-state index is -3.12. The van der Waals surface area contributed by atoms with Gasteiger partial charge < -0.3 is 9.47 Å². The molecule has 2 fully saturated rings. The average Bonchev–Trinajstić information content (AvgIpc) is 2.90. The molecule has 3 rings (SSSR count). The first-order valence-electron chi connectivity index (χ1n) is 8.35. The predicted octanol–water partition coefficient (Wildman–Crippen LogP) is 1.23. The number of benzene rings is 1. The molecule has 2 heterocycles. The summed E-state index contributed by atoms with van der Waals surface area (Å²) in [6.45, 7) is 3.90. The fourth-order valence-corrected chi connectivity index (χ4v) is 4.35. The van der Waals surface area contributed by atoms with Gasteiger partial charge in [-0.3, -0.25) is 4.90 Å². The van der Waals surface area contributed by atoms with E-state index in [0.29, 0.717) is 12.5 Å². The molecule has 1 aromatic rings. The van der Waals surface area contributed by atoms with Gasteiger partial charge in [-0.1, -0.05) is 18.2 Å². The SMILES string of the molecule is COc1ccccc1CN1CC2(C1)OCC[C@@H]2CCNS(C)(=O)=O. The maximum absolute atomic E-state index is 11.2. The highest BCUT2D eigenvalue weighted by Gasteiger charge is 2.52. The number of hydrogen-bond acceptors (Lipinski definition) is 5. The molecule has 0 amide bonds. The van der Waals surface area contributed by atoms with E-state index in [9.17, 15) is 8.42 Å². The monoisotopic (exact) mass is 354 g/mol. The zero-order valence-electron chi connectivity index (χ0n) is 14.3. The van der Waals surface area contributed by atoms with Crippen molar-refractivity contribution in [1.82, 2.24) is 9.62 Å². The van der Waals surface area contributed by atoms with Gasteiger partial charge in [0.2, 0.25) is 10.0 Å². The summed E-state index contributed by atoms with van der Waals surface area (Å²) in [6, 6.07) is 8.08. The first kappa shape index (κ1) is 17.7. The summed E-state index contributed by atoms with van der Waals surface area (Å²) >= 11 is 0. The molecule has 2 aliphatic rings. The number of para-hydroxylation sites is 1. The first-order valence-corrected chi connectivity index (χ1v) is 10.2. The molecule has 0 radical (unpaired) electrons. The van der Waals surface area contributed by atoms with E-state index < -0.39 is 10.0 Å². The van der Waals surface area contributed by atoms with Crippen LogP contribution in [0.4, 0.5) is 0 Å². The van der Waals surface area contributed by atoms with Crippen LogP contribution >= 0.6 is 0 Å². The first-order chi connectivity index (χ1) is 11.4. The molecule has 134 valence electrons. The Labute approximate surface area is 144 Å². The van der Waals surface area contributed by atoms with Gasteiger partial charge in [0.15, 0.2) is 0 Å². The van der Waals surface area contributed by atoms with Crippen LogP contribution in [0.3, 0.4) is 0 Å². The highest BCUT2D eigenvalue weighted by molar-refractivity contribution is 7.88. The fraction of sp³-hybridized carbons (Fsp3) is 0.647. The van der Waals surface area contributed by atoms with E-state index in [1.165, 1.54) is 11.8 Å². The fourth-order valence-electron chi connectivity index (χ4n) is 3.86. The van der Waals surface area contributed by atoms with Crippen LogP contribution in [-0.4, -0.2) is 58.5 Å². The summed E-state index contributed by atoms with van der Waals surface area (Å²) in [5.74, 6) is 1.33. The molecule has 0 bridgehead atoms. The van der Waals surface area contributed by atoms with Crippen molar-refractivity contribution in [3.8, 4) is 5.75 Å². The lowest BCUT2D eigenvalue weighted by molar-refractivity contribution is -0.136. The highest BCUT2D eigenvalue weighted by Crippen LogP contribution is 2.42. The topological polar surface area (TPSA) is 67.9 Å². The molecular formula is C17H26N2O4S. The third-order valence-electron chi connectivity index (χ3n) is 5.03. The Kier molecular flexibility index (Phi) is 5.15. The number of nitrogens with one attached hydrogen (secondary N) is 1. The van der Waals surface area contributed by atoms with Crippen molar-refractivity contribution < 1.29 is 17.9 Å². The Balaban J connectivity index is 1.53. The Morgan fingerprint density at radius 2 is 2.12 bits per heavy atom. The molecule has 1 aromatic carbocycles. The normalized spacial score (nSPS) is 23.3. The maximum atomic E-state index is 11.2. The minimum Gasteiger partial charge on any atom is -0.496 e. The lowest BCUT2D eigenvalue weighted by atomic mass is 9.79. The second kappa shape index (κ2) is 7.00. The summed E-state index contributed by atoms with van der Waals surface area (Å²) in [4.78, 5) is 2.36. The molecule has 0 unspecified atom stereocenters. The minimum absolute atomic E-state index is 0.0960. The third-order valence-corrected chi connectivity index (χ3v) is 5.75. The number of ether oxygens (including phenoxy) is 2. The molecule has 1 spiro atoms. The van der Waals surface area contributed by atoms with Crippen LogP contribution in [0.25, 0.3) is 0 Å². The molecule has 7 heteroatoms. The van der Waals surface area contributed by atoms with E-state index in [2.05, 4.69) is 15.7 Å². The number of sulfonamides is 1. The van der Waals surface area contributed by atoms with Crippen LogP contribution in [0.1, 0.15) is 18.4 Å². The van der Waals surface area contributed by atoms with Gasteiger partial charge in [-0.15, -0.1) is 0 Å². The van der Waals surface area contributed by atoms with Gasteiger partial charge in [-0.05, 0) is 24.8 Å². The quantitative estimate of drug-likeness (QED) is 0.798. The predicted molar refractivity (Wildman–Crippen MR) is 92.5 cm³/mol. The highest BCUT2D eigenvalue weighted by atomic mass is 32.2. The number of methoxy groups -OCH3 is 1. The smallest absolute Gasteiger partial charge is 0.208 e. The summed E-state index contributed by atoms with van der Waals surface area (Å²) in [6.07, 6.45) is 3.04. The molecule has 2 saturated heterocycles. The van der Waals surface area contributed by atoms with Crippen LogP contribution in [0.5, 0.6) is 5.75 Å². The second-order valence-electron chi connectivity index (χ2n) is 6.81. The maximum Gasteiger partial charge on any atom is 0.208 e. The molecule has 2 aliphatic heterocycles. The molecule has 0 aliphatic carbocycles. The lowest BCUT2D eigenvalue weighted by Crippen LogP contribution is -2.64. The zero-order chi connectivity index (χ0) is 17.2. The van der Waals surface area contributed by atoms with Gasteiger partial charge in [0, 0.05) is 38.3 Å². The molecule has 0 saturated carbocycles. The van der Waals surface area contributed by atoms with E-state index in [4.69, 9.17) is 9.47 Å². The Morgan fingerprint density at radius 1 is 1.38 bits per heavy atom. The van der Waals surface area contributed by atoms with Gasteiger partial charge >= 0.3 is 0 Å². The molecule has 1 N–H and O–H groups in total. The van der Waals surface area contributed by atoms with Crippen molar-refractivity contribution in [3.63, 3.8) is 0 Å². The van der Waals surface area contributed by atoms with Gasteiger partial charge in [0.25, 0.3) is 0 Å². The van der Waals surface area contributed by atoms with Crippen molar-refractivity contribution >= 4 is 10.0 Å². The van der Waals surface area contributed by atoms with E-state index in [0.717, 1.165) is 44.8 Å². The molecular weight excluding hydrogens is 328 g/mol. The van der Waals surface area contributed by atoms with Crippen molar-refractivity contribution in [3.05, 3.63) is 29.8 Å². The van der Waals surface area contributed by atoms with Crippen molar-refractivity contribution in [2.24, 2.45) is 5.92 Å². The molecule has 1 atom stereocenters. The van der Waals surface area contributed by atoms with Gasteiger partial charge in [0.05, 0.1) is 19.0 Å². The van der Waals surface area contributed by atoms with Crippen molar-refractivity contribution in [2.45, 2.75) is 25.0 Å². The third kappa shape index (κ3) is 3.91. The van der Waals surface area contributed by atoms with Gasteiger partial charge in [-0.2, -0.15) is 0 Å². The Bertz CT molecular complexity index is 671. The van der Waals surface area contributed by atoms with E-state index in [1.807, 2.05) is 18.2 Å². The van der Waals surface area contributed by atoms with Crippen LogP contribution in [-0.2, 0) is 21.3 Å². The molecule has 0 aromatic heterocycles. The Hall–Kier alpha value is -1.15. The number of rotatable bonds is 7. The summed E-state index contributed by atoms with van der Waals surface area (Å²) in [7, 11) is -1.42. The van der Waals surface area contributed by atoms with Crippen LogP contribution in [0.15, 0.2) is 24.3 Å². The number of nitrogens with zero attached hydrogens (tertiary/aromatic N) is 1. The van der Waals surface area contributed by atoms with Crippen LogP contribution in [0.2, 0.25) is 0 Å². The number of hydrogen-bond donors (Lipinski definition) is 1. The van der Waals surface area contributed by atoms with Gasteiger partial charge in [-0.25, -0.2) is 13.1 Å². The summed E-state index contributed by atoms with van der Waals surface area (Å²) in [5.41, 5.74) is 1.09. The van der Waals surface area contributed by atoms with Gasteiger partial charge in [0.1, 0.15) is 5.75 Å². The average molecular weight is 354 g/mol. The zero-order valence-corrected chi connectivity index (χ0v) is 15.1.